The van der Waals surface area contributed by atoms with Crippen LogP contribution in [0, 0.1) is 0 Å². The number of carbonyl (C=O) groups is 1. The zero-order chi connectivity index (χ0) is 18.0. The first-order chi connectivity index (χ1) is 11.1. The molecular formula is C18H31N3O2S. The Balaban J connectivity index is 1.96. The second-order valence-corrected chi connectivity index (χ2v) is 9.70. The Bertz CT molecular complexity index is 569. The van der Waals surface area contributed by atoms with E-state index in [1.807, 2.05) is 27.0 Å². The average molecular weight is 354 g/mol. The minimum Gasteiger partial charge on any atom is -0.377 e. The van der Waals surface area contributed by atoms with E-state index in [1.165, 1.54) is 6.42 Å². The number of nitrogens with zero attached hydrogens (tertiary/aromatic N) is 2. The molecule has 1 atom stereocenters. The molecule has 1 unspecified atom stereocenters. The van der Waals surface area contributed by atoms with Crippen molar-refractivity contribution in [2.75, 3.05) is 17.7 Å². The SMILES string of the molecule is Cn1nc(C(C)(C)C)cc1NC(=O)C(C)(C)SCC1CCCCO1. The van der Waals surface area contributed by atoms with Gasteiger partial charge in [0.2, 0.25) is 5.91 Å². The van der Waals surface area contributed by atoms with E-state index in [0.29, 0.717) is 0 Å². The quantitative estimate of drug-likeness (QED) is 0.876. The third kappa shape index (κ3) is 4.99. The molecule has 136 valence electrons. The van der Waals surface area contributed by atoms with E-state index in [4.69, 9.17) is 4.74 Å². The van der Waals surface area contributed by atoms with Crippen molar-refractivity contribution in [2.45, 2.75) is 70.1 Å². The number of carbonyl (C=O) groups excluding carboxylic acids is 1. The highest BCUT2D eigenvalue weighted by Gasteiger charge is 2.31. The van der Waals surface area contributed by atoms with Gasteiger partial charge in [0.1, 0.15) is 5.82 Å². The van der Waals surface area contributed by atoms with Crippen LogP contribution in [0.3, 0.4) is 0 Å². The molecule has 1 aromatic heterocycles. The van der Waals surface area contributed by atoms with Crippen LogP contribution >= 0.6 is 11.8 Å². The second kappa shape index (κ2) is 7.48. The Morgan fingerprint density at radius 3 is 2.62 bits per heavy atom. The molecule has 5 nitrogen and oxygen atoms in total. The molecule has 1 saturated heterocycles. The second-order valence-electron chi connectivity index (χ2n) is 8.05. The largest absolute Gasteiger partial charge is 0.377 e. The molecule has 0 aliphatic carbocycles. The Labute approximate surface area is 149 Å². The normalized spacial score (nSPS) is 19.3. The van der Waals surface area contributed by atoms with E-state index in [0.717, 1.165) is 36.7 Å². The summed E-state index contributed by atoms with van der Waals surface area (Å²) in [5.41, 5.74) is 0.935. The number of rotatable bonds is 5. The van der Waals surface area contributed by atoms with Crippen LogP contribution in [0.1, 0.15) is 59.6 Å². The van der Waals surface area contributed by atoms with Crippen LogP contribution in [-0.4, -0.2) is 38.9 Å². The van der Waals surface area contributed by atoms with E-state index < -0.39 is 4.75 Å². The number of hydrogen-bond acceptors (Lipinski definition) is 4. The Hall–Kier alpha value is -1.01. The first kappa shape index (κ1) is 19.3. The predicted molar refractivity (Wildman–Crippen MR) is 101 cm³/mol. The molecule has 0 saturated carbocycles. The highest BCUT2D eigenvalue weighted by Crippen LogP contribution is 2.30. The van der Waals surface area contributed by atoms with Gasteiger partial charge in [0.05, 0.1) is 16.5 Å². The van der Waals surface area contributed by atoms with Crippen molar-refractivity contribution >= 4 is 23.5 Å². The molecular weight excluding hydrogens is 322 g/mol. The number of amides is 1. The smallest absolute Gasteiger partial charge is 0.241 e. The number of thioether (sulfide) groups is 1. The Morgan fingerprint density at radius 1 is 1.38 bits per heavy atom. The molecule has 0 spiro atoms. The summed E-state index contributed by atoms with van der Waals surface area (Å²) in [5.74, 6) is 1.61. The van der Waals surface area contributed by atoms with Gasteiger partial charge in [-0.1, -0.05) is 20.8 Å². The van der Waals surface area contributed by atoms with Crippen molar-refractivity contribution in [1.82, 2.24) is 9.78 Å². The summed E-state index contributed by atoms with van der Waals surface area (Å²) in [5, 5.41) is 7.54. The van der Waals surface area contributed by atoms with Gasteiger partial charge in [0.25, 0.3) is 0 Å². The zero-order valence-electron chi connectivity index (χ0n) is 15.8. The Kier molecular flexibility index (Phi) is 6.02. The highest BCUT2D eigenvalue weighted by atomic mass is 32.2. The summed E-state index contributed by atoms with van der Waals surface area (Å²) in [6.07, 6.45) is 3.76. The van der Waals surface area contributed by atoms with Crippen molar-refractivity contribution in [3.8, 4) is 0 Å². The monoisotopic (exact) mass is 353 g/mol. The molecule has 2 rings (SSSR count). The molecule has 1 aliphatic heterocycles. The van der Waals surface area contributed by atoms with Crippen LogP contribution in [0.25, 0.3) is 0 Å². The summed E-state index contributed by atoms with van der Waals surface area (Å²) in [6, 6.07) is 1.96. The fourth-order valence-corrected chi connectivity index (χ4v) is 3.57. The van der Waals surface area contributed by atoms with Gasteiger partial charge in [0.15, 0.2) is 0 Å². The summed E-state index contributed by atoms with van der Waals surface area (Å²) >= 11 is 1.66. The maximum atomic E-state index is 12.7. The third-order valence-electron chi connectivity index (χ3n) is 4.34. The lowest BCUT2D eigenvalue weighted by Crippen LogP contribution is -2.36. The van der Waals surface area contributed by atoms with E-state index in [2.05, 4.69) is 31.2 Å². The van der Waals surface area contributed by atoms with E-state index in [1.54, 1.807) is 16.4 Å². The lowest BCUT2D eigenvalue weighted by molar-refractivity contribution is -0.117. The molecule has 1 amide bonds. The average Bonchev–Trinajstić information content (AvgIpc) is 2.88. The minimum atomic E-state index is -0.507. The lowest BCUT2D eigenvalue weighted by atomic mass is 9.92. The van der Waals surface area contributed by atoms with Crippen LogP contribution < -0.4 is 5.32 Å². The summed E-state index contributed by atoms with van der Waals surface area (Å²) in [4.78, 5) is 12.7. The molecule has 2 heterocycles. The fourth-order valence-electron chi connectivity index (χ4n) is 2.52. The van der Waals surface area contributed by atoms with Gasteiger partial charge in [-0.3, -0.25) is 9.48 Å². The molecule has 1 aliphatic rings. The fraction of sp³-hybridized carbons (Fsp3) is 0.778. The maximum Gasteiger partial charge on any atom is 0.241 e. The summed E-state index contributed by atoms with van der Waals surface area (Å²) in [6.45, 7) is 11.1. The maximum absolute atomic E-state index is 12.7. The summed E-state index contributed by atoms with van der Waals surface area (Å²) < 4.78 is 7.00. The topological polar surface area (TPSA) is 56.2 Å². The van der Waals surface area contributed by atoms with Gasteiger partial charge < -0.3 is 10.1 Å². The van der Waals surface area contributed by atoms with Crippen molar-refractivity contribution < 1.29 is 9.53 Å². The zero-order valence-corrected chi connectivity index (χ0v) is 16.6. The highest BCUT2D eigenvalue weighted by molar-refractivity contribution is 8.01. The van der Waals surface area contributed by atoms with Crippen molar-refractivity contribution in [3.63, 3.8) is 0 Å². The molecule has 1 N–H and O–H groups in total. The van der Waals surface area contributed by atoms with E-state index in [-0.39, 0.29) is 17.4 Å². The first-order valence-electron chi connectivity index (χ1n) is 8.71. The number of nitrogens with one attached hydrogen (secondary N) is 1. The lowest BCUT2D eigenvalue weighted by Gasteiger charge is -2.27. The van der Waals surface area contributed by atoms with E-state index in [9.17, 15) is 4.79 Å². The number of anilines is 1. The van der Waals surface area contributed by atoms with Gasteiger partial charge in [-0.15, -0.1) is 11.8 Å². The van der Waals surface area contributed by atoms with Crippen LogP contribution in [0.15, 0.2) is 6.07 Å². The molecule has 0 aromatic carbocycles. The van der Waals surface area contributed by atoms with Gasteiger partial charge in [0, 0.05) is 30.9 Å². The minimum absolute atomic E-state index is 0.00627. The van der Waals surface area contributed by atoms with Crippen molar-refractivity contribution in [1.29, 1.82) is 0 Å². The van der Waals surface area contributed by atoms with Gasteiger partial charge in [-0.05, 0) is 33.1 Å². The predicted octanol–water partition coefficient (Wildman–Crippen LogP) is 3.74. The standard InChI is InChI=1S/C18H31N3O2S/c1-17(2,3)14-11-15(21(6)20-14)19-16(22)18(4,5)24-12-13-9-7-8-10-23-13/h11,13H,7-10,12H2,1-6H3,(H,19,22). The first-order valence-corrected chi connectivity index (χ1v) is 9.70. The van der Waals surface area contributed by atoms with Crippen LogP contribution in [-0.2, 0) is 22.0 Å². The number of hydrogen-bond donors (Lipinski definition) is 1. The Morgan fingerprint density at radius 2 is 2.08 bits per heavy atom. The molecule has 6 heteroatoms. The van der Waals surface area contributed by atoms with Gasteiger partial charge in [-0.25, -0.2) is 0 Å². The van der Waals surface area contributed by atoms with Crippen molar-refractivity contribution in [3.05, 3.63) is 11.8 Å². The summed E-state index contributed by atoms with van der Waals surface area (Å²) in [7, 11) is 1.86. The third-order valence-corrected chi connectivity index (χ3v) is 5.79. The molecule has 0 radical (unpaired) electrons. The van der Waals surface area contributed by atoms with Crippen LogP contribution in [0.5, 0.6) is 0 Å². The van der Waals surface area contributed by atoms with Gasteiger partial charge >= 0.3 is 0 Å². The van der Waals surface area contributed by atoms with Crippen LogP contribution in [0.4, 0.5) is 5.82 Å². The molecule has 0 bridgehead atoms. The number of aromatic nitrogens is 2. The van der Waals surface area contributed by atoms with Crippen LogP contribution in [0.2, 0.25) is 0 Å². The molecule has 24 heavy (non-hydrogen) atoms. The van der Waals surface area contributed by atoms with Crippen molar-refractivity contribution in [2.24, 2.45) is 7.05 Å². The molecule has 1 aromatic rings. The number of aryl methyl sites for hydroxylation is 1. The van der Waals surface area contributed by atoms with E-state index >= 15 is 0 Å². The molecule has 1 fully saturated rings. The number of ether oxygens (including phenoxy) is 1. The van der Waals surface area contributed by atoms with Gasteiger partial charge in [-0.2, -0.15) is 5.10 Å².